The molecular weight excluding hydrogens is 346 g/mol. The standard InChI is InChI=1S/C17H23NO6S/c1-11(2)9-13(17(20)21)18-16(19)5-8-25(22)12-3-4-14-15(10-12)24-7-6-23-14/h3-4,10-11,13H,5-9H2,1-2H3,(H,18,19)(H,20,21). The van der Waals surface area contributed by atoms with Gasteiger partial charge in [0, 0.05) is 23.1 Å². The molecule has 1 aromatic rings. The molecule has 138 valence electrons. The van der Waals surface area contributed by atoms with Crippen molar-refractivity contribution in [1.29, 1.82) is 0 Å². The molecule has 2 N–H and O–H groups in total. The van der Waals surface area contributed by atoms with Gasteiger partial charge in [0.2, 0.25) is 5.91 Å². The molecule has 0 fully saturated rings. The highest BCUT2D eigenvalue weighted by atomic mass is 32.2. The van der Waals surface area contributed by atoms with E-state index in [1.54, 1.807) is 18.2 Å². The second-order valence-electron chi connectivity index (χ2n) is 6.19. The van der Waals surface area contributed by atoms with Gasteiger partial charge in [0.05, 0.1) is 10.8 Å². The molecule has 1 amide bonds. The van der Waals surface area contributed by atoms with Crippen molar-refractivity contribution in [3.63, 3.8) is 0 Å². The van der Waals surface area contributed by atoms with Crippen LogP contribution in [-0.2, 0) is 20.4 Å². The molecule has 0 radical (unpaired) electrons. The Morgan fingerprint density at radius 3 is 2.56 bits per heavy atom. The van der Waals surface area contributed by atoms with Crippen LogP contribution < -0.4 is 14.8 Å². The zero-order chi connectivity index (χ0) is 18.4. The van der Waals surface area contributed by atoms with E-state index in [1.165, 1.54) is 0 Å². The van der Waals surface area contributed by atoms with Crippen LogP contribution in [0.5, 0.6) is 11.5 Å². The highest BCUT2D eigenvalue weighted by Crippen LogP contribution is 2.31. The molecule has 0 saturated carbocycles. The van der Waals surface area contributed by atoms with Crippen LogP contribution in [0.1, 0.15) is 26.7 Å². The number of hydrogen-bond donors (Lipinski definition) is 2. The Bertz CT molecular complexity index is 661. The van der Waals surface area contributed by atoms with E-state index in [0.717, 1.165) is 0 Å². The molecule has 2 rings (SSSR count). The van der Waals surface area contributed by atoms with E-state index in [1.807, 2.05) is 13.8 Å². The van der Waals surface area contributed by atoms with Crippen molar-refractivity contribution in [1.82, 2.24) is 5.32 Å². The Morgan fingerprint density at radius 2 is 1.92 bits per heavy atom. The number of rotatable bonds is 8. The van der Waals surface area contributed by atoms with Crippen LogP contribution in [0.15, 0.2) is 23.1 Å². The summed E-state index contributed by atoms with van der Waals surface area (Å²) < 4.78 is 23.2. The summed E-state index contributed by atoms with van der Waals surface area (Å²) in [5.41, 5.74) is 0. The van der Waals surface area contributed by atoms with Gasteiger partial charge in [0.15, 0.2) is 11.5 Å². The molecule has 2 atom stereocenters. The molecule has 0 bridgehead atoms. The average molecular weight is 369 g/mol. The molecule has 8 heteroatoms. The minimum atomic E-state index is -1.38. The first-order valence-electron chi connectivity index (χ1n) is 8.17. The average Bonchev–Trinajstić information content (AvgIpc) is 2.58. The first-order chi connectivity index (χ1) is 11.9. The molecule has 0 saturated heterocycles. The van der Waals surface area contributed by atoms with E-state index in [9.17, 15) is 13.8 Å². The fourth-order valence-corrected chi connectivity index (χ4v) is 3.49. The third-order valence-corrected chi connectivity index (χ3v) is 4.99. The van der Waals surface area contributed by atoms with E-state index in [0.29, 0.717) is 36.0 Å². The monoisotopic (exact) mass is 369 g/mol. The fourth-order valence-electron chi connectivity index (χ4n) is 2.43. The number of carbonyl (C=O) groups is 2. The topological polar surface area (TPSA) is 102 Å². The lowest BCUT2D eigenvalue weighted by Gasteiger charge is -2.18. The van der Waals surface area contributed by atoms with Gasteiger partial charge in [-0.15, -0.1) is 0 Å². The van der Waals surface area contributed by atoms with Gasteiger partial charge in [-0.1, -0.05) is 13.8 Å². The molecular formula is C17H23NO6S. The number of benzene rings is 1. The van der Waals surface area contributed by atoms with E-state index in [2.05, 4.69) is 5.32 Å². The Hall–Kier alpha value is -2.09. The summed E-state index contributed by atoms with van der Waals surface area (Å²) in [5, 5.41) is 11.6. The molecule has 1 aromatic carbocycles. The first kappa shape index (κ1) is 19.2. The summed E-state index contributed by atoms with van der Waals surface area (Å²) in [4.78, 5) is 23.7. The molecule has 25 heavy (non-hydrogen) atoms. The second kappa shape index (κ2) is 8.84. The van der Waals surface area contributed by atoms with Crippen molar-refractivity contribution in [3.05, 3.63) is 18.2 Å². The molecule has 1 aliphatic rings. The Morgan fingerprint density at radius 1 is 1.24 bits per heavy atom. The Labute approximate surface area is 149 Å². The van der Waals surface area contributed by atoms with Crippen LogP contribution in [0.3, 0.4) is 0 Å². The van der Waals surface area contributed by atoms with E-state index in [4.69, 9.17) is 14.6 Å². The highest BCUT2D eigenvalue weighted by Gasteiger charge is 2.21. The SMILES string of the molecule is CC(C)CC(NC(=O)CCS(=O)c1ccc2c(c1)OCCO2)C(=O)O. The number of nitrogens with one attached hydrogen (secondary N) is 1. The lowest BCUT2D eigenvalue weighted by molar-refractivity contribution is -0.142. The predicted octanol–water partition coefficient (Wildman–Crippen LogP) is 1.57. The van der Waals surface area contributed by atoms with Gasteiger partial charge in [-0.2, -0.15) is 0 Å². The van der Waals surface area contributed by atoms with Crippen molar-refractivity contribution in [2.75, 3.05) is 19.0 Å². The minimum Gasteiger partial charge on any atom is -0.486 e. The number of carboxylic acids is 1. The summed E-state index contributed by atoms with van der Waals surface area (Å²) in [6, 6.07) is 4.11. The van der Waals surface area contributed by atoms with Crippen LogP contribution in [0, 0.1) is 5.92 Å². The van der Waals surface area contributed by atoms with Crippen molar-refractivity contribution in [3.8, 4) is 11.5 Å². The molecule has 7 nitrogen and oxygen atoms in total. The van der Waals surface area contributed by atoms with Crippen molar-refractivity contribution >= 4 is 22.7 Å². The first-order valence-corrected chi connectivity index (χ1v) is 9.49. The third-order valence-electron chi connectivity index (χ3n) is 3.63. The predicted molar refractivity (Wildman–Crippen MR) is 92.3 cm³/mol. The van der Waals surface area contributed by atoms with Crippen molar-refractivity contribution in [2.45, 2.75) is 37.6 Å². The van der Waals surface area contributed by atoms with Crippen LogP contribution in [-0.4, -0.2) is 46.2 Å². The van der Waals surface area contributed by atoms with Crippen molar-refractivity contribution < 1.29 is 28.4 Å². The van der Waals surface area contributed by atoms with Gasteiger partial charge < -0.3 is 19.9 Å². The van der Waals surface area contributed by atoms with E-state index in [-0.39, 0.29) is 18.1 Å². The molecule has 0 spiro atoms. The number of carboxylic acid groups (broad SMARTS) is 1. The molecule has 0 aliphatic carbocycles. The summed E-state index contributed by atoms with van der Waals surface area (Å²) in [6.45, 7) is 4.70. The molecule has 2 unspecified atom stereocenters. The largest absolute Gasteiger partial charge is 0.486 e. The second-order valence-corrected chi connectivity index (χ2v) is 7.76. The number of ether oxygens (including phenoxy) is 2. The van der Waals surface area contributed by atoms with Crippen LogP contribution in [0.25, 0.3) is 0 Å². The summed E-state index contributed by atoms with van der Waals surface area (Å²) in [6.07, 6.45) is 0.343. The van der Waals surface area contributed by atoms with Gasteiger partial charge in [0.1, 0.15) is 19.3 Å². The van der Waals surface area contributed by atoms with E-state index >= 15 is 0 Å². The smallest absolute Gasteiger partial charge is 0.326 e. The number of hydrogen-bond acceptors (Lipinski definition) is 5. The Balaban J connectivity index is 1.88. The van der Waals surface area contributed by atoms with Gasteiger partial charge >= 0.3 is 5.97 Å². The molecule has 0 aromatic heterocycles. The number of aliphatic carboxylic acids is 1. The number of amides is 1. The summed E-state index contributed by atoms with van der Waals surface area (Å²) in [7, 11) is -1.38. The quantitative estimate of drug-likeness (QED) is 0.721. The zero-order valence-corrected chi connectivity index (χ0v) is 15.1. The van der Waals surface area contributed by atoms with Gasteiger partial charge in [-0.3, -0.25) is 9.00 Å². The normalized spacial score (nSPS) is 15.5. The molecule has 1 heterocycles. The van der Waals surface area contributed by atoms with E-state index < -0.39 is 28.7 Å². The summed E-state index contributed by atoms with van der Waals surface area (Å²) in [5.74, 6) is -0.0613. The number of fused-ring (bicyclic) bond motifs is 1. The maximum atomic E-state index is 12.4. The minimum absolute atomic E-state index is 0.0110. The van der Waals surface area contributed by atoms with Gasteiger partial charge in [0.25, 0.3) is 0 Å². The molecule has 1 aliphatic heterocycles. The Kier molecular flexibility index (Phi) is 6.81. The van der Waals surface area contributed by atoms with Crippen LogP contribution >= 0.6 is 0 Å². The number of carbonyl (C=O) groups excluding carboxylic acids is 1. The lowest BCUT2D eigenvalue weighted by Crippen LogP contribution is -2.42. The maximum Gasteiger partial charge on any atom is 0.326 e. The lowest BCUT2D eigenvalue weighted by atomic mass is 10.0. The zero-order valence-electron chi connectivity index (χ0n) is 14.3. The highest BCUT2D eigenvalue weighted by molar-refractivity contribution is 7.85. The third kappa shape index (κ3) is 5.74. The van der Waals surface area contributed by atoms with Crippen LogP contribution in [0.2, 0.25) is 0 Å². The summed E-state index contributed by atoms with van der Waals surface area (Å²) >= 11 is 0. The van der Waals surface area contributed by atoms with Gasteiger partial charge in [-0.05, 0) is 24.5 Å². The fraction of sp³-hybridized carbons (Fsp3) is 0.529. The van der Waals surface area contributed by atoms with Crippen LogP contribution in [0.4, 0.5) is 0 Å². The van der Waals surface area contributed by atoms with Crippen molar-refractivity contribution in [2.24, 2.45) is 5.92 Å². The maximum absolute atomic E-state index is 12.4. The van der Waals surface area contributed by atoms with Gasteiger partial charge in [-0.25, -0.2) is 4.79 Å².